The minimum Gasteiger partial charge on any atom is -0.498 e. The Balaban J connectivity index is 2.16. The highest BCUT2D eigenvalue weighted by molar-refractivity contribution is 6.12. The molecular weight excluding hydrogens is 376 g/mol. The topological polar surface area (TPSA) is 36.9 Å². The van der Waals surface area contributed by atoms with Gasteiger partial charge in [-0.15, -0.1) is 0 Å². The predicted octanol–water partition coefficient (Wildman–Crippen LogP) is 6.41. The van der Waals surface area contributed by atoms with Crippen LogP contribution in [0.1, 0.15) is 25.3 Å². The average Bonchev–Trinajstić information content (AvgIpc) is 2.78. The molecule has 0 unspecified atom stereocenters. The summed E-state index contributed by atoms with van der Waals surface area (Å²) in [6.45, 7) is 11.2. The molecule has 0 heterocycles. The number of ether oxygens (including phenoxy) is 4. The van der Waals surface area contributed by atoms with E-state index in [-0.39, 0.29) is 0 Å². The minimum atomic E-state index is 0.442. The summed E-state index contributed by atoms with van der Waals surface area (Å²) in [5, 5.41) is 4.23. The normalized spacial score (nSPS) is 10.7. The van der Waals surface area contributed by atoms with Gasteiger partial charge in [-0.3, -0.25) is 0 Å². The van der Waals surface area contributed by atoms with E-state index in [0.29, 0.717) is 26.4 Å². The maximum Gasteiger partial charge on any atom is 0.135 e. The van der Waals surface area contributed by atoms with Crippen molar-refractivity contribution >= 4 is 21.5 Å². The molecule has 0 saturated heterocycles. The van der Waals surface area contributed by atoms with Crippen LogP contribution in [0.2, 0.25) is 0 Å². The second-order valence-electron chi connectivity index (χ2n) is 6.92. The fraction of sp³-hybridized carbons (Fsp3) is 0.308. The summed E-state index contributed by atoms with van der Waals surface area (Å²) in [5.41, 5.74) is 1.27. The second kappa shape index (κ2) is 11.1. The molecule has 0 spiro atoms. The molecule has 158 valence electrons. The highest BCUT2D eigenvalue weighted by atomic mass is 16.5. The van der Waals surface area contributed by atoms with Gasteiger partial charge in [0.1, 0.15) is 37.9 Å². The van der Waals surface area contributed by atoms with E-state index in [9.17, 15) is 0 Å². The van der Waals surface area contributed by atoms with Gasteiger partial charge < -0.3 is 18.9 Å². The van der Waals surface area contributed by atoms with Crippen molar-refractivity contribution in [3.05, 3.63) is 73.7 Å². The number of hydrogen-bond acceptors (Lipinski definition) is 4. The van der Waals surface area contributed by atoms with Crippen LogP contribution in [0.15, 0.2) is 68.1 Å². The number of rotatable bonds is 13. The Morgan fingerprint density at radius 3 is 1.97 bits per heavy atom. The Bertz CT molecular complexity index is 993. The van der Waals surface area contributed by atoms with Crippen LogP contribution in [0, 0.1) is 0 Å². The number of hydrogen-bond donors (Lipinski definition) is 0. The Morgan fingerprint density at radius 2 is 1.33 bits per heavy atom. The number of benzene rings is 3. The molecular formula is C26H30O4. The SMILES string of the molecule is C=COCCOc1c2ccccc2c(OCCOC=C)c2c(CCCC)cccc12. The molecule has 0 saturated carbocycles. The van der Waals surface area contributed by atoms with Crippen molar-refractivity contribution < 1.29 is 18.9 Å². The van der Waals surface area contributed by atoms with E-state index in [0.717, 1.165) is 52.3 Å². The lowest BCUT2D eigenvalue weighted by Crippen LogP contribution is -2.08. The molecule has 4 nitrogen and oxygen atoms in total. The smallest absolute Gasteiger partial charge is 0.135 e. The van der Waals surface area contributed by atoms with E-state index in [4.69, 9.17) is 18.9 Å². The van der Waals surface area contributed by atoms with Gasteiger partial charge in [0, 0.05) is 21.5 Å². The molecule has 0 fully saturated rings. The summed E-state index contributed by atoms with van der Waals surface area (Å²) in [5.74, 6) is 1.75. The summed E-state index contributed by atoms with van der Waals surface area (Å²) in [6, 6.07) is 14.6. The third-order valence-corrected chi connectivity index (χ3v) is 4.97. The molecule has 3 aromatic carbocycles. The summed E-state index contributed by atoms with van der Waals surface area (Å²) in [7, 11) is 0. The van der Waals surface area contributed by atoms with Gasteiger partial charge in [0.2, 0.25) is 0 Å². The van der Waals surface area contributed by atoms with Crippen molar-refractivity contribution in [1.29, 1.82) is 0 Å². The van der Waals surface area contributed by atoms with Crippen LogP contribution in [-0.4, -0.2) is 26.4 Å². The standard InChI is InChI=1S/C26H30O4/c1-4-7-11-20-12-10-15-23-24(20)26(30-19-17-28-6-3)22-14-9-8-13-21(22)25(23)29-18-16-27-5-2/h5-6,8-10,12-15H,2-4,7,11,16-19H2,1H3. The Labute approximate surface area is 178 Å². The molecule has 0 aliphatic carbocycles. The first-order chi connectivity index (χ1) is 14.8. The van der Waals surface area contributed by atoms with Gasteiger partial charge in [-0.25, -0.2) is 0 Å². The van der Waals surface area contributed by atoms with E-state index >= 15 is 0 Å². The van der Waals surface area contributed by atoms with Crippen LogP contribution in [0.4, 0.5) is 0 Å². The first kappa shape index (κ1) is 21.6. The third-order valence-electron chi connectivity index (χ3n) is 4.97. The van der Waals surface area contributed by atoms with Gasteiger partial charge in [0.15, 0.2) is 0 Å². The van der Waals surface area contributed by atoms with Crippen molar-refractivity contribution in [2.45, 2.75) is 26.2 Å². The summed E-state index contributed by atoms with van der Waals surface area (Å²) < 4.78 is 23.0. The molecule has 30 heavy (non-hydrogen) atoms. The van der Waals surface area contributed by atoms with Crippen LogP contribution < -0.4 is 9.47 Å². The molecule has 0 N–H and O–H groups in total. The van der Waals surface area contributed by atoms with Crippen molar-refractivity contribution in [3.63, 3.8) is 0 Å². The van der Waals surface area contributed by atoms with Crippen molar-refractivity contribution in [1.82, 2.24) is 0 Å². The quantitative estimate of drug-likeness (QED) is 0.187. The van der Waals surface area contributed by atoms with Crippen LogP contribution in [0.5, 0.6) is 11.5 Å². The summed E-state index contributed by atoms with van der Waals surface area (Å²) in [4.78, 5) is 0. The maximum atomic E-state index is 6.29. The van der Waals surface area contributed by atoms with E-state index < -0.39 is 0 Å². The van der Waals surface area contributed by atoms with Gasteiger partial charge in [0.25, 0.3) is 0 Å². The Morgan fingerprint density at radius 1 is 0.733 bits per heavy atom. The molecule has 0 aliphatic heterocycles. The molecule has 0 aliphatic rings. The van der Waals surface area contributed by atoms with E-state index in [1.165, 1.54) is 18.1 Å². The van der Waals surface area contributed by atoms with Gasteiger partial charge in [-0.05, 0) is 18.4 Å². The molecule has 0 amide bonds. The predicted molar refractivity (Wildman–Crippen MR) is 123 cm³/mol. The zero-order chi connectivity index (χ0) is 21.2. The van der Waals surface area contributed by atoms with Gasteiger partial charge in [0.05, 0.1) is 12.5 Å². The fourth-order valence-electron chi connectivity index (χ4n) is 3.65. The van der Waals surface area contributed by atoms with Crippen LogP contribution in [-0.2, 0) is 15.9 Å². The minimum absolute atomic E-state index is 0.442. The van der Waals surface area contributed by atoms with Gasteiger partial charge in [-0.2, -0.15) is 0 Å². The Kier molecular flexibility index (Phi) is 8.02. The zero-order valence-corrected chi connectivity index (χ0v) is 17.7. The number of aryl methyl sites for hydroxylation is 1. The zero-order valence-electron chi connectivity index (χ0n) is 17.7. The van der Waals surface area contributed by atoms with Crippen LogP contribution in [0.3, 0.4) is 0 Å². The van der Waals surface area contributed by atoms with Crippen LogP contribution in [0.25, 0.3) is 21.5 Å². The van der Waals surface area contributed by atoms with E-state index in [1.54, 1.807) is 0 Å². The van der Waals surface area contributed by atoms with Gasteiger partial charge >= 0.3 is 0 Å². The van der Waals surface area contributed by atoms with E-state index in [1.807, 2.05) is 12.1 Å². The number of fused-ring (bicyclic) bond motifs is 2. The molecule has 0 aromatic heterocycles. The first-order valence-corrected chi connectivity index (χ1v) is 10.5. The monoisotopic (exact) mass is 406 g/mol. The molecule has 0 bridgehead atoms. The van der Waals surface area contributed by atoms with Crippen molar-refractivity contribution in [2.24, 2.45) is 0 Å². The van der Waals surface area contributed by atoms with Crippen molar-refractivity contribution in [3.8, 4) is 11.5 Å². The average molecular weight is 407 g/mol. The van der Waals surface area contributed by atoms with Crippen LogP contribution >= 0.6 is 0 Å². The maximum absolute atomic E-state index is 6.29. The van der Waals surface area contributed by atoms with Crippen molar-refractivity contribution in [2.75, 3.05) is 26.4 Å². The summed E-state index contributed by atoms with van der Waals surface area (Å²) in [6.07, 6.45) is 6.12. The molecule has 3 aromatic rings. The third kappa shape index (κ3) is 4.88. The lowest BCUT2D eigenvalue weighted by atomic mass is 9.94. The lowest BCUT2D eigenvalue weighted by molar-refractivity contribution is 0.180. The molecule has 0 radical (unpaired) electrons. The van der Waals surface area contributed by atoms with Gasteiger partial charge in [-0.1, -0.05) is 69.0 Å². The molecule has 3 rings (SSSR count). The largest absolute Gasteiger partial charge is 0.498 e. The highest BCUT2D eigenvalue weighted by Crippen LogP contribution is 2.44. The second-order valence-corrected chi connectivity index (χ2v) is 6.92. The first-order valence-electron chi connectivity index (χ1n) is 10.5. The highest BCUT2D eigenvalue weighted by Gasteiger charge is 2.18. The molecule has 4 heteroatoms. The number of unbranched alkanes of at least 4 members (excludes halogenated alkanes) is 1. The lowest BCUT2D eigenvalue weighted by Gasteiger charge is -2.20. The fourth-order valence-corrected chi connectivity index (χ4v) is 3.65. The molecule has 0 atom stereocenters. The van der Waals surface area contributed by atoms with E-state index in [2.05, 4.69) is 50.4 Å². The summed E-state index contributed by atoms with van der Waals surface area (Å²) >= 11 is 0. The Hall–Kier alpha value is -3.14.